The average Bonchev–Trinajstić information content (AvgIpc) is 3.36. The number of aromatic nitrogens is 1. The second kappa shape index (κ2) is 9.65. The fraction of sp³-hybridized carbons (Fsp3) is 0.286. The molecule has 0 amide bonds. The number of benzene rings is 3. The minimum absolute atomic E-state index is 0.275. The van der Waals surface area contributed by atoms with E-state index in [4.69, 9.17) is 14.8 Å². The minimum Gasteiger partial charge on any atom is -0.399 e. The van der Waals surface area contributed by atoms with E-state index in [0.717, 1.165) is 38.8 Å². The van der Waals surface area contributed by atoms with E-state index in [2.05, 4.69) is 15.0 Å². The van der Waals surface area contributed by atoms with Gasteiger partial charge in [-0.15, -0.1) is 0 Å². The number of fused-ring (bicyclic) bond motifs is 1. The molecule has 0 bridgehead atoms. The Kier molecular flexibility index (Phi) is 6.48. The number of H-pyrrole nitrogens is 1. The lowest BCUT2D eigenvalue weighted by Gasteiger charge is -2.32. The van der Waals surface area contributed by atoms with Crippen LogP contribution in [-0.2, 0) is 9.31 Å². The van der Waals surface area contributed by atoms with Gasteiger partial charge >= 0.3 is 7.12 Å². The molecular formula is C28H28BN5O4. The molecule has 2 heterocycles. The van der Waals surface area contributed by atoms with Gasteiger partial charge in [-0.2, -0.15) is 0 Å². The molecule has 1 aromatic heterocycles. The first-order valence-corrected chi connectivity index (χ1v) is 12.4. The Labute approximate surface area is 220 Å². The van der Waals surface area contributed by atoms with Crippen LogP contribution in [0, 0.1) is 10.1 Å². The van der Waals surface area contributed by atoms with Crippen LogP contribution in [0.5, 0.6) is 0 Å². The van der Waals surface area contributed by atoms with Gasteiger partial charge < -0.3 is 14.3 Å². The van der Waals surface area contributed by atoms with Crippen molar-refractivity contribution < 1.29 is 14.2 Å². The Morgan fingerprint density at radius 1 is 1.00 bits per heavy atom. The van der Waals surface area contributed by atoms with E-state index < -0.39 is 24.2 Å². The topological polar surface area (TPSA) is 126 Å². The number of hydrogen-bond donors (Lipinski definition) is 1. The van der Waals surface area contributed by atoms with Crippen LogP contribution in [-0.4, -0.2) is 34.8 Å². The number of nitro groups is 1. The zero-order valence-corrected chi connectivity index (χ0v) is 21.7. The molecule has 1 fully saturated rings. The van der Waals surface area contributed by atoms with Crippen molar-refractivity contribution in [2.24, 2.45) is 5.11 Å². The predicted octanol–water partition coefficient (Wildman–Crippen LogP) is 6.48. The van der Waals surface area contributed by atoms with Crippen LogP contribution in [0.4, 0.5) is 5.69 Å². The summed E-state index contributed by atoms with van der Waals surface area (Å²) in [5.41, 5.74) is 13.4. The van der Waals surface area contributed by atoms with Gasteiger partial charge in [0.05, 0.1) is 22.8 Å². The molecule has 1 N–H and O–H groups in total. The molecule has 1 atom stereocenters. The number of nitrogens with zero attached hydrogens (tertiary/aromatic N) is 4. The third kappa shape index (κ3) is 4.65. The van der Waals surface area contributed by atoms with Crippen molar-refractivity contribution >= 4 is 29.2 Å². The molecule has 0 spiro atoms. The Morgan fingerprint density at radius 2 is 1.63 bits per heavy atom. The van der Waals surface area contributed by atoms with Gasteiger partial charge in [-0.1, -0.05) is 71.8 Å². The van der Waals surface area contributed by atoms with Crippen molar-refractivity contribution in [3.05, 3.63) is 104 Å². The Morgan fingerprint density at radius 3 is 2.24 bits per heavy atom. The summed E-state index contributed by atoms with van der Waals surface area (Å²) in [6.07, 6.45) is 0. The summed E-state index contributed by atoms with van der Waals surface area (Å²) in [4.78, 5) is 17.9. The van der Waals surface area contributed by atoms with Gasteiger partial charge in [-0.05, 0) is 61.4 Å². The number of hydrogen-bond acceptors (Lipinski definition) is 5. The molecule has 1 unspecified atom stereocenters. The highest BCUT2D eigenvalue weighted by Gasteiger charge is 2.51. The molecule has 0 saturated carbocycles. The third-order valence-electron chi connectivity index (χ3n) is 7.61. The summed E-state index contributed by atoms with van der Waals surface area (Å²) in [6.45, 7) is 7.75. The highest BCUT2D eigenvalue weighted by atomic mass is 16.7. The molecule has 192 valence electrons. The molecular weight excluding hydrogens is 481 g/mol. The largest absolute Gasteiger partial charge is 0.494 e. The lowest BCUT2D eigenvalue weighted by Crippen LogP contribution is -2.41. The maximum absolute atomic E-state index is 11.9. The summed E-state index contributed by atoms with van der Waals surface area (Å²) in [6, 6.07) is 22.6. The summed E-state index contributed by atoms with van der Waals surface area (Å²) in [5, 5.41) is 16.5. The molecule has 38 heavy (non-hydrogen) atoms. The number of para-hydroxylation sites is 1. The van der Waals surface area contributed by atoms with E-state index in [0.29, 0.717) is 5.69 Å². The lowest BCUT2D eigenvalue weighted by molar-refractivity contribution is -0.481. The highest BCUT2D eigenvalue weighted by molar-refractivity contribution is 6.62. The molecule has 3 aromatic carbocycles. The first-order valence-electron chi connectivity index (χ1n) is 12.4. The summed E-state index contributed by atoms with van der Waals surface area (Å²) < 4.78 is 12.4. The lowest BCUT2D eigenvalue weighted by atomic mass is 9.77. The summed E-state index contributed by atoms with van der Waals surface area (Å²) >= 11 is 0. The maximum Gasteiger partial charge on any atom is 0.494 e. The highest BCUT2D eigenvalue weighted by Crippen LogP contribution is 2.40. The van der Waals surface area contributed by atoms with Gasteiger partial charge in [0.1, 0.15) is 0 Å². The zero-order chi connectivity index (χ0) is 27.1. The standard InChI is InChI=1S/C28H28BN5O4/c1-27(2)28(3,4)38-29(37-27)20-13-9-18(10-14-20)23(17-34(35)36)25-22-7-5-6-8-24(22)31-26(25)19-11-15-21(16-12-19)32-33-30/h5-16,23,31H,17H2,1-4H3. The van der Waals surface area contributed by atoms with Crippen molar-refractivity contribution in [1.29, 1.82) is 0 Å². The molecule has 0 radical (unpaired) electrons. The fourth-order valence-corrected chi connectivity index (χ4v) is 4.88. The molecule has 10 heteroatoms. The zero-order valence-electron chi connectivity index (χ0n) is 21.7. The second-order valence-corrected chi connectivity index (χ2v) is 10.5. The van der Waals surface area contributed by atoms with Crippen LogP contribution in [0.25, 0.3) is 32.6 Å². The van der Waals surface area contributed by atoms with E-state index >= 15 is 0 Å². The van der Waals surface area contributed by atoms with Crippen LogP contribution in [0.15, 0.2) is 77.9 Å². The quantitative estimate of drug-likeness (QED) is 0.0764. The van der Waals surface area contributed by atoms with Gasteiger partial charge in [-0.25, -0.2) is 0 Å². The molecule has 0 aliphatic carbocycles. The Hall–Kier alpha value is -4.11. The maximum atomic E-state index is 11.9. The van der Waals surface area contributed by atoms with E-state index in [1.54, 1.807) is 12.1 Å². The average molecular weight is 509 g/mol. The summed E-state index contributed by atoms with van der Waals surface area (Å²) in [7, 11) is -0.513. The summed E-state index contributed by atoms with van der Waals surface area (Å²) in [5.74, 6) is -0.514. The van der Waals surface area contributed by atoms with Gasteiger partial charge in [0.15, 0.2) is 0 Å². The van der Waals surface area contributed by atoms with Crippen molar-refractivity contribution in [2.45, 2.75) is 44.8 Å². The van der Waals surface area contributed by atoms with E-state index in [9.17, 15) is 10.1 Å². The third-order valence-corrected chi connectivity index (χ3v) is 7.61. The van der Waals surface area contributed by atoms with E-state index in [-0.39, 0.29) is 11.5 Å². The SMILES string of the molecule is CC1(C)OB(c2ccc(C(C[N+](=O)[O-])c3c(-c4ccc(N=[N+]=[N-])cc4)[nH]c4ccccc34)cc2)OC1(C)C. The van der Waals surface area contributed by atoms with Gasteiger partial charge in [-0.3, -0.25) is 10.1 Å². The predicted molar refractivity (Wildman–Crippen MR) is 148 cm³/mol. The molecule has 1 aliphatic rings. The van der Waals surface area contributed by atoms with Gasteiger partial charge in [0, 0.05) is 26.4 Å². The monoisotopic (exact) mass is 509 g/mol. The second-order valence-electron chi connectivity index (χ2n) is 10.5. The van der Waals surface area contributed by atoms with Crippen molar-refractivity contribution in [1.82, 2.24) is 4.98 Å². The Bertz CT molecular complexity index is 1520. The van der Waals surface area contributed by atoms with E-state index in [1.165, 1.54) is 0 Å². The van der Waals surface area contributed by atoms with Crippen molar-refractivity contribution in [3.8, 4) is 11.3 Å². The molecule has 9 nitrogen and oxygen atoms in total. The molecule has 5 rings (SSSR count). The minimum atomic E-state index is -0.514. The molecule has 1 saturated heterocycles. The van der Waals surface area contributed by atoms with Crippen molar-refractivity contribution in [2.75, 3.05) is 6.54 Å². The Balaban J connectivity index is 1.59. The van der Waals surface area contributed by atoms with Gasteiger partial charge in [0.2, 0.25) is 6.54 Å². The molecule has 4 aromatic rings. The smallest absolute Gasteiger partial charge is 0.399 e. The first kappa shape index (κ1) is 25.5. The van der Waals surface area contributed by atoms with Crippen molar-refractivity contribution in [3.63, 3.8) is 0 Å². The van der Waals surface area contributed by atoms with E-state index in [1.807, 2.05) is 88.4 Å². The van der Waals surface area contributed by atoms with Crippen LogP contribution in [0.3, 0.4) is 0 Å². The number of rotatable bonds is 7. The first-order chi connectivity index (χ1) is 18.1. The van der Waals surface area contributed by atoms with Crippen LogP contribution < -0.4 is 5.46 Å². The fourth-order valence-electron chi connectivity index (χ4n) is 4.88. The van der Waals surface area contributed by atoms with Crippen LogP contribution >= 0.6 is 0 Å². The van der Waals surface area contributed by atoms with Crippen LogP contribution in [0.2, 0.25) is 0 Å². The number of azide groups is 1. The van der Waals surface area contributed by atoms with Crippen LogP contribution in [0.1, 0.15) is 44.7 Å². The number of aromatic amines is 1. The van der Waals surface area contributed by atoms with Gasteiger partial charge in [0.25, 0.3) is 0 Å². The normalized spacial score (nSPS) is 16.8. The number of nitrogens with one attached hydrogen (secondary N) is 1. The molecule has 1 aliphatic heterocycles.